The topological polar surface area (TPSA) is 172 Å². The first-order chi connectivity index (χ1) is 17.1. The average Bonchev–Trinajstić information content (AvgIpc) is 2.82. The van der Waals surface area contributed by atoms with Crippen LogP contribution < -0.4 is 20.7 Å². The van der Waals surface area contributed by atoms with Crippen molar-refractivity contribution in [1.29, 1.82) is 5.41 Å². The number of aliphatic carboxylic acids is 1. The Hall–Kier alpha value is -4.41. The van der Waals surface area contributed by atoms with Crippen molar-refractivity contribution in [3.05, 3.63) is 53.6 Å². The third kappa shape index (κ3) is 8.42. The number of hydrogen-bond acceptors (Lipinski definition) is 7. The van der Waals surface area contributed by atoms with Crippen molar-refractivity contribution in [3.63, 3.8) is 0 Å². The van der Waals surface area contributed by atoms with Gasteiger partial charge in [-0.1, -0.05) is 12.1 Å². The number of amides is 2. The molecule has 0 fully saturated rings. The molecule has 0 aliphatic carbocycles. The summed E-state index contributed by atoms with van der Waals surface area (Å²) in [7, 11) is 0. The zero-order chi connectivity index (χ0) is 26.7. The van der Waals surface area contributed by atoms with Gasteiger partial charge in [-0.15, -0.1) is 0 Å². The van der Waals surface area contributed by atoms with Crippen molar-refractivity contribution >= 4 is 41.0 Å². The number of carbonyl (C=O) groups excluding carboxylic acids is 3. The highest BCUT2D eigenvalue weighted by atomic mass is 16.5. The van der Waals surface area contributed by atoms with Crippen LogP contribution in [-0.4, -0.2) is 54.5 Å². The fourth-order valence-corrected chi connectivity index (χ4v) is 3.30. The first-order valence-electron chi connectivity index (χ1n) is 11.3. The molecule has 11 nitrogen and oxygen atoms in total. The molecule has 36 heavy (non-hydrogen) atoms. The number of anilines is 2. The number of carboxylic acids is 1. The second kappa shape index (κ2) is 13.5. The molecule has 0 spiro atoms. The summed E-state index contributed by atoms with van der Waals surface area (Å²) in [5.41, 5.74) is 7.55. The van der Waals surface area contributed by atoms with Gasteiger partial charge in [0.05, 0.1) is 12.3 Å². The van der Waals surface area contributed by atoms with E-state index in [9.17, 15) is 14.4 Å². The summed E-state index contributed by atoms with van der Waals surface area (Å²) in [6, 6.07) is 11.5. The van der Waals surface area contributed by atoms with Crippen LogP contribution in [0.25, 0.3) is 0 Å². The Morgan fingerprint density at radius 1 is 1.14 bits per heavy atom. The second-order valence-corrected chi connectivity index (χ2v) is 7.74. The van der Waals surface area contributed by atoms with Gasteiger partial charge >= 0.3 is 5.97 Å². The number of esters is 1. The third-order valence-electron chi connectivity index (χ3n) is 4.94. The number of carboxylic acid groups (broad SMARTS) is 1. The summed E-state index contributed by atoms with van der Waals surface area (Å²) in [6.07, 6.45) is 1.59. The van der Waals surface area contributed by atoms with Gasteiger partial charge in [0.25, 0.3) is 17.8 Å². The van der Waals surface area contributed by atoms with Crippen molar-refractivity contribution < 1.29 is 33.8 Å². The predicted octanol–water partition coefficient (Wildman–Crippen LogP) is 2.77. The number of nitrogens with two attached hydrogens (primary N) is 1. The van der Waals surface area contributed by atoms with E-state index >= 15 is 0 Å². The number of ether oxygens (including phenoxy) is 2. The minimum absolute atomic E-state index is 0.0659. The fourth-order valence-electron chi connectivity index (χ4n) is 3.30. The van der Waals surface area contributed by atoms with Gasteiger partial charge in [-0.25, -0.2) is 0 Å². The molecule has 0 aromatic heterocycles. The Bertz CT molecular complexity index is 1110. The van der Waals surface area contributed by atoms with E-state index in [1.54, 1.807) is 54.3 Å². The lowest BCUT2D eigenvalue weighted by Gasteiger charge is -2.29. The van der Waals surface area contributed by atoms with Gasteiger partial charge in [0.2, 0.25) is 0 Å². The molecule has 0 unspecified atom stereocenters. The molecule has 1 aliphatic heterocycles. The molecule has 192 valence electrons. The van der Waals surface area contributed by atoms with Gasteiger partial charge in [0.1, 0.15) is 11.6 Å². The smallest absolute Gasteiger partial charge is 0.305 e. The van der Waals surface area contributed by atoms with Crippen molar-refractivity contribution in [2.75, 3.05) is 30.0 Å². The third-order valence-corrected chi connectivity index (χ3v) is 4.94. The van der Waals surface area contributed by atoms with Gasteiger partial charge < -0.3 is 30.5 Å². The van der Waals surface area contributed by atoms with Crippen LogP contribution in [0.15, 0.2) is 42.5 Å². The largest absolute Gasteiger partial charge is 0.481 e. The molecule has 1 aliphatic rings. The maximum Gasteiger partial charge on any atom is 0.305 e. The van der Waals surface area contributed by atoms with Crippen LogP contribution in [-0.2, 0) is 19.1 Å². The van der Waals surface area contributed by atoms with Gasteiger partial charge in [0, 0.05) is 42.8 Å². The van der Waals surface area contributed by atoms with Crippen molar-refractivity contribution in [2.24, 2.45) is 5.73 Å². The Morgan fingerprint density at radius 3 is 2.39 bits per heavy atom. The summed E-state index contributed by atoms with van der Waals surface area (Å²) in [4.78, 5) is 46.9. The van der Waals surface area contributed by atoms with Crippen LogP contribution >= 0.6 is 0 Å². The molecular weight excluding hydrogens is 468 g/mol. The molecule has 5 N–H and O–H groups in total. The molecule has 3 rings (SSSR count). The van der Waals surface area contributed by atoms with E-state index in [1.165, 1.54) is 0 Å². The monoisotopic (exact) mass is 498 g/mol. The highest BCUT2D eigenvalue weighted by Crippen LogP contribution is 2.35. The number of carbonyl (C=O) groups is 4. The first-order valence-corrected chi connectivity index (χ1v) is 11.3. The zero-order valence-corrected chi connectivity index (χ0v) is 20.2. The molecular formula is C25H30N4O7. The van der Waals surface area contributed by atoms with Gasteiger partial charge in [0.15, 0.2) is 6.61 Å². The number of nitrogens with one attached hydrogen (secondary N) is 2. The summed E-state index contributed by atoms with van der Waals surface area (Å²) in [5, 5.41) is 17.6. The highest BCUT2D eigenvalue weighted by molar-refractivity contribution is 6.06. The Kier molecular flexibility index (Phi) is 10.4. The number of hydrogen-bond donors (Lipinski definition) is 4. The standard InChI is InChI=1S/C23H26N4O5.C2H4O2/c1-2-31-21(29)5-3-4-12-27-18-11-10-17(13-19(18)32-14-20(27)28)26-23(30)16-8-6-15(7-9-16)22(24)25;1-2(3)4/h6-11,13H,2-5,12,14H2,1H3,(H3,24,25)(H,26,30);1H3,(H,3,4). The highest BCUT2D eigenvalue weighted by Gasteiger charge is 2.25. The lowest BCUT2D eigenvalue weighted by Crippen LogP contribution is -2.39. The summed E-state index contributed by atoms with van der Waals surface area (Å²) in [5.74, 6) is -1.11. The van der Waals surface area contributed by atoms with E-state index in [1.807, 2.05) is 0 Å². The quantitative estimate of drug-likeness (QED) is 0.177. The fraction of sp³-hybridized carbons (Fsp3) is 0.320. The number of benzene rings is 2. The number of amidine groups is 1. The van der Waals surface area contributed by atoms with Gasteiger partial charge in [-0.3, -0.25) is 24.6 Å². The maximum atomic E-state index is 12.5. The van der Waals surface area contributed by atoms with E-state index in [2.05, 4.69) is 5.32 Å². The molecule has 0 bridgehead atoms. The molecule has 2 amide bonds. The van der Waals surface area contributed by atoms with Crippen LogP contribution in [0.3, 0.4) is 0 Å². The van der Waals surface area contributed by atoms with E-state index in [4.69, 9.17) is 30.5 Å². The lowest BCUT2D eigenvalue weighted by atomic mass is 10.1. The van der Waals surface area contributed by atoms with Gasteiger partial charge in [-0.05, 0) is 44.0 Å². The molecule has 0 saturated heterocycles. The summed E-state index contributed by atoms with van der Waals surface area (Å²) in [6.45, 7) is 3.58. The molecule has 2 aromatic rings. The normalized spacial score (nSPS) is 11.8. The molecule has 11 heteroatoms. The molecule has 1 heterocycles. The van der Waals surface area contributed by atoms with E-state index in [0.29, 0.717) is 60.7 Å². The van der Waals surface area contributed by atoms with Crippen LogP contribution in [0.5, 0.6) is 5.75 Å². The summed E-state index contributed by atoms with van der Waals surface area (Å²) < 4.78 is 10.5. The average molecular weight is 499 g/mol. The number of nitrogen functional groups attached to an aromatic ring is 1. The summed E-state index contributed by atoms with van der Waals surface area (Å²) >= 11 is 0. The number of fused-ring (bicyclic) bond motifs is 1. The second-order valence-electron chi connectivity index (χ2n) is 7.74. The van der Waals surface area contributed by atoms with Crippen LogP contribution in [0.2, 0.25) is 0 Å². The zero-order valence-electron chi connectivity index (χ0n) is 20.2. The van der Waals surface area contributed by atoms with E-state index in [0.717, 1.165) is 6.92 Å². The Balaban J connectivity index is 0.00000106. The van der Waals surface area contributed by atoms with Crippen molar-refractivity contribution in [2.45, 2.75) is 33.1 Å². The van der Waals surface area contributed by atoms with E-state index < -0.39 is 5.97 Å². The molecule has 0 saturated carbocycles. The SMILES string of the molecule is CC(=O)O.CCOC(=O)CCCCN1C(=O)COc2cc(NC(=O)c3ccc(C(=N)N)cc3)ccc21. The molecule has 2 aromatic carbocycles. The van der Waals surface area contributed by atoms with Crippen LogP contribution in [0, 0.1) is 5.41 Å². The Morgan fingerprint density at radius 2 is 1.78 bits per heavy atom. The van der Waals surface area contributed by atoms with E-state index in [-0.39, 0.29) is 30.2 Å². The van der Waals surface area contributed by atoms with Crippen LogP contribution in [0.4, 0.5) is 11.4 Å². The molecule has 0 radical (unpaired) electrons. The lowest BCUT2D eigenvalue weighted by molar-refractivity contribution is -0.143. The predicted molar refractivity (Wildman–Crippen MR) is 133 cm³/mol. The minimum Gasteiger partial charge on any atom is -0.481 e. The number of nitrogens with zero attached hydrogens (tertiary/aromatic N) is 1. The first kappa shape index (κ1) is 27.8. The molecule has 0 atom stereocenters. The minimum atomic E-state index is -0.833. The maximum absolute atomic E-state index is 12.5. The van der Waals surface area contributed by atoms with Gasteiger partial charge in [-0.2, -0.15) is 0 Å². The Labute approximate surface area is 208 Å². The number of unbranched alkanes of at least 4 members (excludes halogenated alkanes) is 1. The number of rotatable bonds is 9. The van der Waals surface area contributed by atoms with Crippen LogP contribution in [0.1, 0.15) is 49.0 Å². The van der Waals surface area contributed by atoms with Crippen molar-refractivity contribution in [1.82, 2.24) is 0 Å². The van der Waals surface area contributed by atoms with Crippen molar-refractivity contribution in [3.8, 4) is 5.75 Å².